The molecular formula is C23H21N3O5S2. The quantitative estimate of drug-likeness (QED) is 0.171. The molecule has 0 spiro atoms. The average molecular weight is 484 g/mol. The number of azo groups is 1. The highest BCUT2D eigenvalue weighted by Crippen LogP contribution is 2.33. The molecule has 4 aromatic rings. The largest absolute Gasteiger partial charge is 0.497 e. The maximum absolute atomic E-state index is 10.9. The van der Waals surface area contributed by atoms with Crippen molar-refractivity contribution in [1.82, 2.24) is 4.98 Å². The molecule has 0 radical (unpaired) electrons. The number of fused-ring (bicyclic) bond motifs is 1. The first-order chi connectivity index (χ1) is 15.9. The van der Waals surface area contributed by atoms with Crippen LogP contribution in [-0.4, -0.2) is 40.0 Å². The summed E-state index contributed by atoms with van der Waals surface area (Å²) < 4.78 is 38.3. The number of thiazole rings is 1. The summed E-state index contributed by atoms with van der Waals surface area (Å²) in [6.07, 6.45) is 0.999. The SMILES string of the molecule is COc1ccc2nc(-c3ccc(N=Nc4ccc(OCCOS(C)(=O)=O)cc4)cc3)sc2c1. The van der Waals surface area contributed by atoms with Crippen molar-refractivity contribution < 1.29 is 22.1 Å². The van der Waals surface area contributed by atoms with Gasteiger partial charge in [0.15, 0.2) is 0 Å². The Morgan fingerprint density at radius 1 is 0.879 bits per heavy atom. The number of ether oxygens (including phenoxy) is 2. The molecule has 10 heteroatoms. The van der Waals surface area contributed by atoms with Crippen LogP contribution in [0.4, 0.5) is 11.4 Å². The predicted molar refractivity (Wildman–Crippen MR) is 129 cm³/mol. The molecule has 3 aromatic carbocycles. The highest BCUT2D eigenvalue weighted by atomic mass is 32.2. The van der Waals surface area contributed by atoms with Gasteiger partial charge < -0.3 is 9.47 Å². The van der Waals surface area contributed by atoms with E-state index in [2.05, 4.69) is 19.4 Å². The molecule has 0 bridgehead atoms. The second-order valence-electron chi connectivity index (χ2n) is 6.97. The molecule has 0 saturated carbocycles. The van der Waals surface area contributed by atoms with Crippen molar-refractivity contribution in [3.8, 4) is 22.1 Å². The summed E-state index contributed by atoms with van der Waals surface area (Å²) in [6.45, 7) is 0.0873. The number of rotatable bonds is 9. The van der Waals surface area contributed by atoms with Crippen LogP contribution in [0.15, 0.2) is 77.0 Å². The Kier molecular flexibility index (Phi) is 6.97. The summed E-state index contributed by atoms with van der Waals surface area (Å²) in [7, 11) is -1.81. The molecule has 0 saturated heterocycles. The fraction of sp³-hybridized carbons (Fsp3) is 0.174. The summed E-state index contributed by atoms with van der Waals surface area (Å²) in [5.41, 5.74) is 3.34. The Bertz CT molecular complexity index is 1370. The molecule has 1 aromatic heterocycles. The molecule has 0 aliphatic rings. The Balaban J connectivity index is 1.36. The minimum absolute atomic E-state index is 0.0402. The molecule has 170 valence electrons. The van der Waals surface area contributed by atoms with E-state index >= 15 is 0 Å². The zero-order valence-corrected chi connectivity index (χ0v) is 19.6. The molecule has 0 N–H and O–H groups in total. The van der Waals surface area contributed by atoms with Gasteiger partial charge in [-0.1, -0.05) is 0 Å². The average Bonchev–Trinajstić information content (AvgIpc) is 3.24. The Labute approximate surface area is 195 Å². The van der Waals surface area contributed by atoms with Crippen molar-refractivity contribution >= 4 is 43.0 Å². The zero-order chi connectivity index (χ0) is 23.3. The van der Waals surface area contributed by atoms with Gasteiger partial charge in [0.25, 0.3) is 10.1 Å². The van der Waals surface area contributed by atoms with Gasteiger partial charge in [0.1, 0.15) is 29.7 Å². The second kappa shape index (κ2) is 10.1. The maximum atomic E-state index is 10.9. The van der Waals surface area contributed by atoms with Crippen LogP contribution in [0, 0.1) is 0 Å². The lowest BCUT2D eigenvalue weighted by Crippen LogP contribution is -2.11. The van der Waals surface area contributed by atoms with Gasteiger partial charge >= 0.3 is 0 Å². The molecular weight excluding hydrogens is 462 g/mol. The molecule has 33 heavy (non-hydrogen) atoms. The summed E-state index contributed by atoms with van der Waals surface area (Å²) in [6, 6.07) is 20.6. The summed E-state index contributed by atoms with van der Waals surface area (Å²) >= 11 is 1.61. The van der Waals surface area contributed by atoms with Crippen molar-refractivity contribution in [3.63, 3.8) is 0 Å². The number of nitrogens with zero attached hydrogens (tertiary/aromatic N) is 3. The standard InChI is InChI=1S/C23H21N3O5S2/c1-29-20-11-12-21-22(15-20)32-23(24-21)16-3-5-17(6-4-16)25-26-18-7-9-19(10-8-18)30-13-14-31-33(2,27)28/h3-12,15H,13-14H2,1-2H3. The third-order valence-electron chi connectivity index (χ3n) is 4.48. The van der Waals surface area contributed by atoms with Crippen molar-refractivity contribution in [1.29, 1.82) is 0 Å². The Morgan fingerprint density at radius 2 is 1.52 bits per heavy atom. The summed E-state index contributed by atoms with van der Waals surface area (Å²) in [5.74, 6) is 1.40. The van der Waals surface area contributed by atoms with Crippen LogP contribution in [0.5, 0.6) is 11.5 Å². The van der Waals surface area contributed by atoms with Gasteiger partial charge in [-0.3, -0.25) is 4.18 Å². The van der Waals surface area contributed by atoms with Crippen LogP contribution in [0.3, 0.4) is 0 Å². The predicted octanol–water partition coefficient (Wildman–Crippen LogP) is 5.74. The van der Waals surface area contributed by atoms with Gasteiger partial charge in [0.05, 0.1) is 35.0 Å². The summed E-state index contributed by atoms with van der Waals surface area (Å²) in [4.78, 5) is 4.69. The van der Waals surface area contributed by atoms with Gasteiger partial charge in [-0.25, -0.2) is 4.98 Å². The smallest absolute Gasteiger partial charge is 0.264 e. The van der Waals surface area contributed by atoms with E-state index in [9.17, 15) is 8.42 Å². The van der Waals surface area contributed by atoms with Crippen LogP contribution >= 0.6 is 11.3 Å². The first-order valence-corrected chi connectivity index (χ1v) is 12.6. The fourth-order valence-electron chi connectivity index (χ4n) is 2.90. The molecule has 0 unspecified atom stereocenters. The van der Waals surface area contributed by atoms with E-state index in [4.69, 9.17) is 9.47 Å². The lowest BCUT2D eigenvalue weighted by atomic mass is 10.2. The Morgan fingerprint density at radius 3 is 2.15 bits per heavy atom. The number of hydrogen-bond donors (Lipinski definition) is 0. The highest BCUT2D eigenvalue weighted by molar-refractivity contribution is 7.85. The van der Waals surface area contributed by atoms with Gasteiger partial charge in [0.2, 0.25) is 0 Å². The second-order valence-corrected chi connectivity index (χ2v) is 9.64. The Hall–Kier alpha value is -3.34. The molecule has 0 atom stereocenters. The van der Waals surface area contributed by atoms with E-state index in [-0.39, 0.29) is 13.2 Å². The molecule has 0 fully saturated rings. The third-order valence-corrected chi connectivity index (χ3v) is 6.14. The van der Waals surface area contributed by atoms with Crippen molar-refractivity contribution in [2.45, 2.75) is 0 Å². The molecule has 8 nitrogen and oxygen atoms in total. The first-order valence-electron chi connectivity index (χ1n) is 9.94. The van der Waals surface area contributed by atoms with Crippen LogP contribution in [0.25, 0.3) is 20.8 Å². The van der Waals surface area contributed by atoms with Crippen LogP contribution in [0.2, 0.25) is 0 Å². The monoisotopic (exact) mass is 483 g/mol. The number of aromatic nitrogens is 1. The van der Waals surface area contributed by atoms with Gasteiger partial charge in [0, 0.05) is 5.56 Å². The van der Waals surface area contributed by atoms with E-state index in [0.717, 1.165) is 38.5 Å². The summed E-state index contributed by atoms with van der Waals surface area (Å²) in [5, 5.41) is 9.44. The molecule has 0 aliphatic heterocycles. The lowest BCUT2D eigenvalue weighted by Gasteiger charge is -2.05. The van der Waals surface area contributed by atoms with Gasteiger partial charge in [-0.2, -0.15) is 18.6 Å². The number of methoxy groups -OCH3 is 1. The first kappa shape index (κ1) is 22.8. The van der Waals surface area contributed by atoms with E-state index in [1.54, 1.807) is 42.7 Å². The minimum Gasteiger partial charge on any atom is -0.497 e. The zero-order valence-electron chi connectivity index (χ0n) is 18.0. The van der Waals surface area contributed by atoms with Crippen molar-refractivity contribution in [2.75, 3.05) is 26.6 Å². The van der Waals surface area contributed by atoms with Crippen molar-refractivity contribution in [3.05, 3.63) is 66.7 Å². The van der Waals surface area contributed by atoms with Crippen LogP contribution in [0.1, 0.15) is 0 Å². The van der Waals surface area contributed by atoms with Crippen LogP contribution < -0.4 is 9.47 Å². The molecule has 0 aliphatic carbocycles. The van der Waals surface area contributed by atoms with Gasteiger partial charge in [-0.05, 0) is 66.7 Å². The third kappa shape index (κ3) is 6.35. The maximum Gasteiger partial charge on any atom is 0.264 e. The van der Waals surface area contributed by atoms with E-state index in [1.807, 2.05) is 42.5 Å². The molecule has 1 heterocycles. The lowest BCUT2D eigenvalue weighted by molar-refractivity contribution is 0.222. The topological polar surface area (TPSA) is 99.4 Å². The normalized spacial score (nSPS) is 11.8. The number of benzene rings is 3. The van der Waals surface area contributed by atoms with Gasteiger partial charge in [-0.15, -0.1) is 11.3 Å². The van der Waals surface area contributed by atoms with E-state index in [0.29, 0.717) is 11.4 Å². The van der Waals surface area contributed by atoms with E-state index in [1.165, 1.54) is 0 Å². The van der Waals surface area contributed by atoms with Crippen LogP contribution in [-0.2, 0) is 14.3 Å². The molecule has 4 rings (SSSR count). The van der Waals surface area contributed by atoms with Crippen molar-refractivity contribution in [2.24, 2.45) is 10.2 Å². The minimum atomic E-state index is -3.46. The van der Waals surface area contributed by atoms with E-state index < -0.39 is 10.1 Å². The fourth-order valence-corrected chi connectivity index (χ4v) is 4.27. The molecule has 0 amide bonds. The highest BCUT2D eigenvalue weighted by Gasteiger charge is 2.07. The number of hydrogen-bond acceptors (Lipinski definition) is 9.